The third-order valence-electron chi connectivity index (χ3n) is 8.74. The van der Waals surface area contributed by atoms with Gasteiger partial charge in [0.05, 0.1) is 18.7 Å². The van der Waals surface area contributed by atoms with Crippen molar-refractivity contribution in [3.8, 4) is 5.75 Å². The van der Waals surface area contributed by atoms with Gasteiger partial charge in [-0.1, -0.05) is 24.6 Å². The molecular weight excluding hydrogens is 566 g/mol. The number of rotatable bonds is 8. The van der Waals surface area contributed by atoms with Crippen molar-refractivity contribution in [3.05, 3.63) is 58.4 Å². The van der Waals surface area contributed by atoms with Gasteiger partial charge in [-0.2, -0.15) is 13.2 Å². The van der Waals surface area contributed by atoms with E-state index < -0.39 is 39.8 Å². The summed E-state index contributed by atoms with van der Waals surface area (Å²) >= 11 is 5.91. The number of benzene rings is 2. The summed E-state index contributed by atoms with van der Waals surface area (Å²) in [6.07, 6.45) is -3.70. The van der Waals surface area contributed by atoms with Crippen molar-refractivity contribution in [1.29, 1.82) is 0 Å². The maximum Gasteiger partial charge on any atom is 0.471 e. The molecular formula is C30H34ClF4NO5. The van der Waals surface area contributed by atoms with Crippen LogP contribution in [-0.2, 0) is 26.2 Å². The van der Waals surface area contributed by atoms with Crippen molar-refractivity contribution in [2.24, 2.45) is 11.8 Å². The van der Waals surface area contributed by atoms with Gasteiger partial charge >= 0.3 is 18.1 Å². The second kappa shape index (κ2) is 11.8. The largest absolute Gasteiger partial charge is 0.494 e. The molecule has 0 aromatic heterocycles. The van der Waals surface area contributed by atoms with Gasteiger partial charge in [-0.3, -0.25) is 9.69 Å². The van der Waals surface area contributed by atoms with Gasteiger partial charge in [0.15, 0.2) is 0 Å². The van der Waals surface area contributed by atoms with E-state index in [0.717, 1.165) is 36.4 Å². The molecule has 2 atom stereocenters. The van der Waals surface area contributed by atoms with Crippen molar-refractivity contribution in [2.45, 2.75) is 69.5 Å². The summed E-state index contributed by atoms with van der Waals surface area (Å²) in [6, 6.07) is 8.63. The zero-order valence-corrected chi connectivity index (χ0v) is 23.9. The van der Waals surface area contributed by atoms with Gasteiger partial charge in [0.25, 0.3) is 0 Å². The lowest BCUT2D eigenvalue weighted by molar-refractivity contribution is -0.174. The maximum absolute atomic E-state index is 14.0. The Kier molecular flexibility index (Phi) is 8.95. The van der Waals surface area contributed by atoms with Gasteiger partial charge in [-0.05, 0) is 104 Å². The van der Waals surface area contributed by atoms with Crippen molar-refractivity contribution < 1.29 is 41.7 Å². The Bertz CT molecular complexity index is 1290. The van der Waals surface area contributed by atoms with E-state index in [-0.39, 0.29) is 49.8 Å². The van der Waals surface area contributed by atoms with E-state index in [1.807, 2.05) is 32.0 Å². The number of methoxy groups -OCH3 is 1. The van der Waals surface area contributed by atoms with Crippen LogP contribution in [0, 0.1) is 17.7 Å². The molecule has 1 saturated carbocycles. The van der Waals surface area contributed by atoms with Crippen molar-refractivity contribution in [2.75, 3.05) is 25.2 Å². The quantitative estimate of drug-likeness (QED) is 0.281. The van der Waals surface area contributed by atoms with Crippen molar-refractivity contribution in [3.63, 3.8) is 0 Å². The summed E-state index contributed by atoms with van der Waals surface area (Å²) < 4.78 is 66.8. The van der Waals surface area contributed by atoms with Gasteiger partial charge < -0.3 is 14.6 Å². The molecule has 1 spiro atoms. The zero-order chi connectivity index (χ0) is 30.2. The molecule has 0 bridgehead atoms. The Hall–Kier alpha value is -2.85. The van der Waals surface area contributed by atoms with E-state index >= 15 is 0 Å². The first-order chi connectivity index (χ1) is 19.3. The highest BCUT2D eigenvalue weighted by Crippen LogP contribution is 2.58. The van der Waals surface area contributed by atoms with E-state index in [0.29, 0.717) is 30.1 Å². The molecule has 224 valence electrons. The summed E-state index contributed by atoms with van der Waals surface area (Å²) in [5.74, 6) is -3.45. The summed E-state index contributed by atoms with van der Waals surface area (Å²) in [6.45, 7) is 4.25. The Morgan fingerprint density at radius 3 is 2.39 bits per heavy atom. The Morgan fingerprint density at radius 1 is 1.15 bits per heavy atom. The lowest BCUT2D eigenvalue weighted by Gasteiger charge is -2.51. The van der Waals surface area contributed by atoms with Crippen LogP contribution in [-0.4, -0.2) is 49.0 Å². The van der Waals surface area contributed by atoms with Crippen molar-refractivity contribution in [1.82, 2.24) is 0 Å². The number of fused-ring (bicyclic) bond motifs is 2. The smallest absolute Gasteiger partial charge is 0.471 e. The van der Waals surface area contributed by atoms with Crippen LogP contribution in [0.4, 0.5) is 23.2 Å². The van der Waals surface area contributed by atoms with Crippen molar-refractivity contribution >= 4 is 29.2 Å². The number of amides is 1. The molecule has 2 aliphatic rings. The van der Waals surface area contributed by atoms with Crippen LogP contribution in [0.2, 0.25) is 5.02 Å². The molecule has 1 amide bonds. The maximum atomic E-state index is 14.0. The van der Waals surface area contributed by atoms with Crippen LogP contribution in [0.15, 0.2) is 36.4 Å². The monoisotopic (exact) mass is 599 g/mol. The summed E-state index contributed by atoms with van der Waals surface area (Å²) in [5.41, 5.74) is -0.799. The van der Waals surface area contributed by atoms with Crippen LogP contribution < -0.4 is 9.64 Å². The summed E-state index contributed by atoms with van der Waals surface area (Å²) in [4.78, 5) is 26.8. The number of ether oxygens (including phenoxy) is 2. The molecule has 1 fully saturated rings. The molecule has 2 aromatic carbocycles. The average Bonchev–Trinajstić information content (AvgIpc) is 3.22. The third-order valence-corrected chi connectivity index (χ3v) is 9.03. The summed E-state index contributed by atoms with van der Waals surface area (Å²) in [7, 11) is 1.06. The Balaban J connectivity index is 1.83. The highest BCUT2D eigenvalue weighted by molar-refractivity contribution is 6.31. The molecule has 11 heteroatoms. The summed E-state index contributed by atoms with van der Waals surface area (Å²) in [5, 5.41) is 9.32. The molecule has 6 nitrogen and oxygen atoms in total. The number of aliphatic hydroxyl groups is 1. The lowest BCUT2D eigenvalue weighted by atomic mass is 9.59. The number of anilines is 1. The number of alkyl halides is 3. The average molecular weight is 600 g/mol. The Labute approximate surface area is 241 Å². The van der Waals surface area contributed by atoms with Crippen LogP contribution >= 0.6 is 11.6 Å². The van der Waals surface area contributed by atoms with Crippen LogP contribution in [0.25, 0.3) is 0 Å². The fourth-order valence-electron chi connectivity index (χ4n) is 6.81. The predicted molar refractivity (Wildman–Crippen MR) is 146 cm³/mol. The van der Waals surface area contributed by atoms with Gasteiger partial charge in [0.2, 0.25) is 0 Å². The standard InChI is InChI=1S/C30H34ClF4NO5/c1-4-41-22-7-5-19-14-20(13-18(2)17-37)28(23(19)16-22)9-11-29(12-10-28,27(39)40-3)36(26(38)30(33,34)35)21-6-8-25(32)24(31)15-21/h5-8,15-16,18,20,37H,4,9-14,17H2,1-3H3/t18-,20+,28?,29?/m1/s1. The number of esters is 1. The van der Waals surface area contributed by atoms with Gasteiger partial charge in [-0.15, -0.1) is 0 Å². The highest BCUT2D eigenvalue weighted by Gasteiger charge is 2.60. The normalized spacial score (nSPS) is 24.6. The SMILES string of the molecule is CCOc1ccc2c(c1)C1(CCC(C(=O)OC)(N(C(=O)C(F)(F)F)c3ccc(F)c(Cl)c3)CC1)[C@@H](C[C@@H](C)CO)C2. The first-order valence-corrected chi connectivity index (χ1v) is 14.0. The van der Waals surface area contributed by atoms with Gasteiger partial charge in [0.1, 0.15) is 17.1 Å². The number of carbonyl (C=O) groups excluding carboxylic acids is 2. The molecule has 0 aliphatic heterocycles. The van der Waals surface area contributed by atoms with E-state index in [1.165, 1.54) is 0 Å². The molecule has 0 unspecified atom stereocenters. The number of halogens is 5. The molecule has 2 aromatic rings. The molecule has 0 radical (unpaired) electrons. The third kappa shape index (κ3) is 5.65. The topological polar surface area (TPSA) is 76.1 Å². The van der Waals surface area contributed by atoms with E-state index in [1.54, 1.807) is 0 Å². The van der Waals surface area contributed by atoms with E-state index in [9.17, 15) is 32.3 Å². The zero-order valence-electron chi connectivity index (χ0n) is 23.2. The predicted octanol–water partition coefficient (Wildman–Crippen LogP) is 6.39. The molecule has 0 saturated heterocycles. The minimum absolute atomic E-state index is 0.0155. The fraction of sp³-hybridized carbons (Fsp3) is 0.533. The molecule has 2 aliphatic carbocycles. The number of hydrogen-bond acceptors (Lipinski definition) is 5. The minimum atomic E-state index is -5.33. The number of hydrogen-bond donors (Lipinski definition) is 1. The molecule has 1 N–H and O–H groups in total. The van der Waals surface area contributed by atoms with E-state index in [4.69, 9.17) is 21.1 Å². The highest BCUT2D eigenvalue weighted by atomic mass is 35.5. The van der Waals surface area contributed by atoms with Gasteiger partial charge in [0, 0.05) is 12.3 Å². The van der Waals surface area contributed by atoms with Crippen LogP contribution in [0.3, 0.4) is 0 Å². The first-order valence-electron chi connectivity index (χ1n) is 13.6. The fourth-order valence-corrected chi connectivity index (χ4v) is 6.98. The van der Waals surface area contributed by atoms with Gasteiger partial charge in [-0.25, -0.2) is 9.18 Å². The number of nitrogens with zero attached hydrogens (tertiary/aromatic N) is 1. The number of carbonyl (C=O) groups is 2. The molecule has 4 rings (SSSR count). The second-order valence-corrected chi connectivity index (χ2v) is 11.5. The van der Waals surface area contributed by atoms with Crippen LogP contribution in [0.1, 0.15) is 57.1 Å². The molecule has 0 heterocycles. The molecule has 41 heavy (non-hydrogen) atoms. The second-order valence-electron chi connectivity index (χ2n) is 11.1. The number of aliphatic hydroxyl groups excluding tert-OH is 1. The minimum Gasteiger partial charge on any atom is -0.494 e. The van der Waals surface area contributed by atoms with Crippen LogP contribution in [0.5, 0.6) is 5.75 Å². The Morgan fingerprint density at radius 2 is 1.83 bits per heavy atom. The first kappa shape index (κ1) is 31.1. The lowest BCUT2D eigenvalue weighted by Crippen LogP contribution is -2.63. The van der Waals surface area contributed by atoms with E-state index in [2.05, 4.69) is 0 Å².